The van der Waals surface area contributed by atoms with E-state index in [0.717, 1.165) is 30.6 Å². The molecule has 1 atom stereocenters. The number of hydrogen-bond acceptors (Lipinski definition) is 2. The molecule has 0 amide bonds. The molecule has 1 unspecified atom stereocenters. The van der Waals surface area contributed by atoms with Gasteiger partial charge in [0.05, 0.1) is 12.0 Å². The lowest BCUT2D eigenvalue weighted by atomic mass is 9.83. The molecule has 3 rings (SSSR count). The number of allylic oxidation sites excluding steroid dienone is 1. The van der Waals surface area contributed by atoms with Crippen LogP contribution in [-0.2, 0) is 0 Å². The first kappa shape index (κ1) is 9.64. The summed E-state index contributed by atoms with van der Waals surface area (Å²) in [6.45, 7) is 0. The zero-order valence-corrected chi connectivity index (χ0v) is 9.11. The molecule has 82 valence electrons. The van der Waals surface area contributed by atoms with Gasteiger partial charge < -0.3 is 4.74 Å². The van der Waals surface area contributed by atoms with Crippen LogP contribution in [0, 0.1) is 0 Å². The van der Waals surface area contributed by atoms with E-state index in [9.17, 15) is 4.79 Å². The molecule has 1 aromatic carbocycles. The summed E-state index contributed by atoms with van der Waals surface area (Å²) in [4.78, 5) is 12.0. The number of rotatable bonds is 0. The highest BCUT2D eigenvalue weighted by Gasteiger charge is 2.38. The number of para-hydroxylation sites is 1. The number of carbonyl (C=O) groups is 1. The van der Waals surface area contributed by atoms with Gasteiger partial charge in [-0.2, -0.15) is 0 Å². The van der Waals surface area contributed by atoms with Crippen LogP contribution in [0.4, 0.5) is 0 Å². The Balaban J connectivity index is 2.03. The average Bonchev–Trinajstić information content (AvgIpc) is 2.30. The largest absolute Gasteiger partial charge is 0.482 e. The first-order valence-electron chi connectivity index (χ1n) is 5.78. The van der Waals surface area contributed by atoms with Gasteiger partial charge in [-0.1, -0.05) is 18.2 Å². The van der Waals surface area contributed by atoms with E-state index in [0.29, 0.717) is 6.42 Å². The van der Waals surface area contributed by atoms with Crippen molar-refractivity contribution in [2.75, 3.05) is 0 Å². The summed E-state index contributed by atoms with van der Waals surface area (Å²) < 4.78 is 6.02. The summed E-state index contributed by atoms with van der Waals surface area (Å²) in [7, 11) is 0. The second-order valence-electron chi connectivity index (χ2n) is 4.56. The maximum atomic E-state index is 12.0. The lowest BCUT2D eigenvalue weighted by molar-refractivity contribution is 0.0596. The second-order valence-corrected chi connectivity index (χ2v) is 4.56. The van der Waals surface area contributed by atoms with E-state index >= 15 is 0 Å². The molecule has 2 nitrogen and oxygen atoms in total. The predicted octanol–water partition coefficient (Wildman–Crippen LogP) is 3.13. The topological polar surface area (TPSA) is 26.3 Å². The number of Topliss-reactive ketones (excluding diaryl/α,β-unsaturated/α-hetero) is 1. The highest BCUT2D eigenvalue weighted by molar-refractivity contribution is 6.00. The number of fused-ring (bicyclic) bond motifs is 1. The molecule has 0 fully saturated rings. The fourth-order valence-electron chi connectivity index (χ4n) is 2.54. The molecule has 1 heterocycles. The van der Waals surface area contributed by atoms with E-state index in [4.69, 9.17) is 4.74 Å². The molecule has 0 N–H and O–H groups in total. The van der Waals surface area contributed by atoms with E-state index in [2.05, 4.69) is 12.2 Å². The molecule has 2 aliphatic rings. The van der Waals surface area contributed by atoms with Gasteiger partial charge >= 0.3 is 0 Å². The standard InChI is InChI=1S/C14H14O2/c15-12-10-14(8-4-1-5-9-14)16-13-7-3-2-6-11(12)13/h2-4,6-8H,1,5,9-10H2. The smallest absolute Gasteiger partial charge is 0.170 e. The highest BCUT2D eigenvalue weighted by atomic mass is 16.5. The van der Waals surface area contributed by atoms with Gasteiger partial charge in [0.2, 0.25) is 0 Å². The van der Waals surface area contributed by atoms with Crippen LogP contribution in [-0.4, -0.2) is 11.4 Å². The van der Waals surface area contributed by atoms with Crippen molar-refractivity contribution in [1.82, 2.24) is 0 Å². The van der Waals surface area contributed by atoms with Crippen LogP contribution in [0.5, 0.6) is 5.75 Å². The first-order chi connectivity index (χ1) is 7.79. The van der Waals surface area contributed by atoms with Crippen LogP contribution in [0.15, 0.2) is 36.4 Å². The van der Waals surface area contributed by atoms with Crippen molar-refractivity contribution in [3.8, 4) is 5.75 Å². The quantitative estimate of drug-likeness (QED) is 0.620. The summed E-state index contributed by atoms with van der Waals surface area (Å²) in [5.74, 6) is 0.943. The van der Waals surface area contributed by atoms with Crippen molar-refractivity contribution >= 4 is 5.78 Å². The third-order valence-electron chi connectivity index (χ3n) is 3.35. The fourth-order valence-corrected chi connectivity index (χ4v) is 2.54. The maximum Gasteiger partial charge on any atom is 0.170 e. The van der Waals surface area contributed by atoms with Crippen LogP contribution in [0.1, 0.15) is 36.0 Å². The lowest BCUT2D eigenvalue weighted by Gasteiger charge is -2.37. The van der Waals surface area contributed by atoms with Gasteiger partial charge in [0.1, 0.15) is 11.4 Å². The van der Waals surface area contributed by atoms with E-state index in [1.54, 1.807) is 0 Å². The van der Waals surface area contributed by atoms with Crippen molar-refractivity contribution in [2.24, 2.45) is 0 Å². The van der Waals surface area contributed by atoms with E-state index < -0.39 is 0 Å². The molecule has 1 aliphatic carbocycles. The lowest BCUT2D eigenvalue weighted by Crippen LogP contribution is -2.41. The number of hydrogen-bond donors (Lipinski definition) is 0. The van der Waals surface area contributed by atoms with Gasteiger partial charge in [0.25, 0.3) is 0 Å². The summed E-state index contributed by atoms with van der Waals surface area (Å²) in [5.41, 5.74) is 0.371. The maximum absolute atomic E-state index is 12.0. The minimum absolute atomic E-state index is 0.202. The van der Waals surface area contributed by atoms with Crippen molar-refractivity contribution in [1.29, 1.82) is 0 Å². The molecular formula is C14H14O2. The molecule has 1 aliphatic heterocycles. The summed E-state index contributed by atoms with van der Waals surface area (Å²) in [6.07, 6.45) is 7.84. The Bertz CT molecular complexity index is 462. The monoisotopic (exact) mass is 214 g/mol. The van der Waals surface area contributed by atoms with Crippen LogP contribution < -0.4 is 4.74 Å². The Morgan fingerprint density at radius 1 is 1.25 bits per heavy atom. The zero-order valence-electron chi connectivity index (χ0n) is 9.11. The summed E-state index contributed by atoms with van der Waals surface area (Å²) >= 11 is 0. The number of ketones is 1. The molecule has 2 heteroatoms. The Kier molecular flexibility index (Phi) is 2.10. The van der Waals surface area contributed by atoms with Crippen molar-refractivity contribution in [3.63, 3.8) is 0 Å². The van der Waals surface area contributed by atoms with E-state index in [1.807, 2.05) is 24.3 Å². The molecule has 0 aromatic heterocycles. The number of carbonyl (C=O) groups excluding carboxylic acids is 1. The first-order valence-corrected chi connectivity index (χ1v) is 5.78. The van der Waals surface area contributed by atoms with Crippen LogP contribution in [0.3, 0.4) is 0 Å². The molecule has 0 bridgehead atoms. The molecule has 0 saturated heterocycles. The molecule has 0 saturated carbocycles. The number of benzene rings is 1. The van der Waals surface area contributed by atoms with Gasteiger partial charge in [-0.25, -0.2) is 0 Å². The van der Waals surface area contributed by atoms with Gasteiger partial charge in [-0.3, -0.25) is 4.79 Å². The van der Waals surface area contributed by atoms with E-state index in [-0.39, 0.29) is 11.4 Å². The average molecular weight is 214 g/mol. The Labute approximate surface area is 94.9 Å². The summed E-state index contributed by atoms with van der Waals surface area (Å²) in [5, 5.41) is 0. The predicted molar refractivity (Wildman–Crippen MR) is 61.7 cm³/mol. The van der Waals surface area contributed by atoms with Crippen LogP contribution in [0.2, 0.25) is 0 Å². The Hall–Kier alpha value is -1.57. The minimum atomic E-state index is -0.357. The zero-order chi connectivity index (χ0) is 11.0. The van der Waals surface area contributed by atoms with Gasteiger partial charge in [-0.05, 0) is 37.5 Å². The molecular weight excluding hydrogens is 200 g/mol. The second kappa shape index (κ2) is 3.48. The molecule has 0 radical (unpaired) electrons. The Morgan fingerprint density at radius 2 is 2.12 bits per heavy atom. The minimum Gasteiger partial charge on any atom is -0.482 e. The van der Waals surface area contributed by atoms with Gasteiger partial charge in [-0.15, -0.1) is 0 Å². The SMILES string of the molecule is O=C1CC2(C=CCCC2)Oc2ccccc21. The van der Waals surface area contributed by atoms with Crippen LogP contribution in [0.25, 0.3) is 0 Å². The molecule has 16 heavy (non-hydrogen) atoms. The molecule has 1 aromatic rings. The van der Waals surface area contributed by atoms with E-state index in [1.165, 1.54) is 0 Å². The number of ether oxygens (including phenoxy) is 1. The third-order valence-corrected chi connectivity index (χ3v) is 3.35. The third kappa shape index (κ3) is 1.45. The van der Waals surface area contributed by atoms with Gasteiger partial charge in [0, 0.05) is 0 Å². The highest BCUT2D eigenvalue weighted by Crippen LogP contribution is 2.38. The molecule has 1 spiro atoms. The normalized spacial score (nSPS) is 27.6. The fraction of sp³-hybridized carbons (Fsp3) is 0.357. The van der Waals surface area contributed by atoms with Gasteiger partial charge in [0.15, 0.2) is 5.78 Å². The van der Waals surface area contributed by atoms with Crippen molar-refractivity contribution < 1.29 is 9.53 Å². The summed E-state index contributed by atoms with van der Waals surface area (Å²) in [6, 6.07) is 7.53. The van der Waals surface area contributed by atoms with Crippen molar-refractivity contribution in [2.45, 2.75) is 31.3 Å². The van der Waals surface area contributed by atoms with Crippen LogP contribution >= 0.6 is 0 Å². The van der Waals surface area contributed by atoms with Crippen molar-refractivity contribution in [3.05, 3.63) is 42.0 Å². The Morgan fingerprint density at radius 3 is 2.94 bits per heavy atom.